The fraction of sp³-hybridized carbons (Fsp3) is 0.455. The van der Waals surface area contributed by atoms with Gasteiger partial charge in [-0.3, -0.25) is 0 Å². The van der Waals surface area contributed by atoms with Gasteiger partial charge in [-0.1, -0.05) is 43.3 Å². The molecular weight excluding hydrogens is 360 g/mol. The van der Waals surface area contributed by atoms with Gasteiger partial charge in [-0.15, -0.1) is 0 Å². The summed E-state index contributed by atoms with van der Waals surface area (Å²) in [4.78, 5) is 0. The van der Waals surface area contributed by atoms with Crippen LogP contribution in [0.1, 0.15) is 34.7 Å². The molecule has 2 aromatic carbocycles. The van der Waals surface area contributed by atoms with Crippen LogP contribution in [0.4, 0.5) is 0 Å². The molecule has 0 amide bonds. The minimum Gasteiger partial charge on any atom is -0.394 e. The van der Waals surface area contributed by atoms with E-state index in [1.54, 1.807) is 0 Å². The normalized spacial score (nSPS) is 31.9. The summed E-state index contributed by atoms with van der Waals surface area (Å²) in [6.45, 7) is 1.85. The molecule has 4 N–H and O–H groups in total. The number of rotatable bonds is 4. The first kappa shape index (κ1) is 19.5. The van der Waals surface area contributed by atoms with Crippen molar-refractivity contribution in [1.82, 2.24) is 0 Å². The molecule has 0 unspecified atom stereocenters. The lowest BCUT2D eigenvalue weighted by atomic mass is 9.86. The summed E-state index contributed by atoms with van der Waals surface area (Å²) < 4.78 is 11.6. The second-order valence-corrected chi connectivity index (χ2v) is 7.56. The predicted octanol–water partition coefficient (Wildman–Crippen LogP) is 0.997. The molecule has 1 spiro atoms. The first-order chi connectivity index (χ1) is 13.5. The zero-order chi connectivity index (χ0) is 19.9. The lowest BCUT2D eigenvalue weighted by molar-refractivity contribution is -0.368. The highest BCUT2D eigenvalue weighted by molar-refractivity contribution is 5.41. The quantitative estimate of drug-likeness (QED) is 0.626. The maximum absolute atomic E-state index is 10.7. The van der Waals surface area contributed by atoms with Gasteiger partial charge in [0, 0.05) is 5.56 Å². The Morgan fingerprint density at radius 1 is 0.964 bits per heavy atom. The zero-order valence-corrected chi connectivity index (χ0v) is 15.8. The number of hydrogen-bond acceptors (Lipinski definition) is 6. The van der Waals surface area contributed by atoms with E-state index in [9.17, 15) is 20.4 Å². The Morgan fingerprint density at radius 3 is 2.32 bits per heavy atom. The van der Waals surface area contributed by atoms with Crippen molar-refractivity contribution in [3.05, 3.63) is 70.3 Å². The summed E-state index contributed by atoms with van der Waals surface area (Å²) in [6, 6.07) is 14.3. The second-order valence-electron chi connectivity index (χ2n) is 7.56. The summed E-state index contributed by atoms with van der Waals surface area (Å²) in [7, 11) is 0. The van der Waals surface area contributed by atoms with Crippen LogP contribution in [0, 0.1) is 0 Å². The summed E-state index contributed by atoms with van der Waals surface area (Å²) in [5.74, 6) is -1.59. The molecule has 5 atom stereocenters. The van der Waals surface area contributed by atoms with Gasteiger partial charge in [0.2, 0.25) is 5.79 Å². The summed E-state index contributed by atoms with van der Waals surface area (Å²) in [5, 5.41) is 40.5. The van der Waals surface area contributed by atoms with E-state index in [2.05, 4.69) is 31.2 Å². The SMILES string of the molecule is CCc1ccc(Cc2ccc3c(c2)[C@@]2(OC3)O[C@@H](CO)[C@@H](O)[C@H](O)[C@@H]2O)cc1. The van der Waals surface area contributed by atoms with Crippen molar-refractivity contribution in [2.75, 3.05) is 6.61 Å². The first-order valence-corrected chi connectivity index (χ1v) is 9.65. The fourth-order valence-corrected chi connectivity index (χ4v) is 4.06. The highest BCUT2D eigenvalue weighted by atomic mass is 16.7. The van der Waals surface area contributed by atoms with E-state index in [1.165, 1.54) is 11.1 Å². The van der Waals surface area contributed by atoms with Gasteiger partial charge in [0.25, 0.3) is 0 Å². The Labute approximate surface area is 164 Å². The van der Waals surface area contributed by atoms with Crippen molar-refractivity contribution in [2.24, 2.45) is 0 Å². The summed E-state index contributed by atoms with van der Waals surface area (Å²) in [6.07, 6.45) is -3.69. The molecule has 0 bridgehead atoms. The average Bonchev–Trinajstić information content (AvgIpc) is 3.08. The van der Waals surface area contributed by atoms with Gasteiger partial charge in [-0.25, -0.2) is 0 Å². The van der Waals surface area contributed by atoms with E-state index in [-0.39, 0.29) is 6.61 Å². The lowest BCUT2D eigenvalue weighted by Crippen LogP contribution is -2.63. The van der Waals surface area contributed by atoms with Gasteiger partial charge >= 0.3 is 0 Å². The molecule has 1 fully saturated rings. The molecule has 0 saturated carbocycles. The number of fused-ring (bicyclic) bond motifs is 2. The van der Waals surface area contributed by atoms with Crippen LogP contribution in [0.15, 0.2) is 42.5 Å². The van der Waals surface area contributed by atoms with Crippen LogP contribution in [-0.2, 0) is 34.7 Å². The molecule has 2 aromatic rings. The van der Waals surface area contributed by atoms with E-state index in [4.69, 9.17) is 9.47 Å². The minimum atomic E-state index is -1.59. The van der Waals surface area contributed by atoms with Crippen LogP contribution < -0.4 is 0 Å². The van der Waals surface area contributed by atoms with Gasteiger partial charge < -0.3 is 29.9 Å². The van der Waals surface area contributed by atoms with E-state index >= 15 is 0 Å². The van der Waals surface area contributed by atoms with Crippen LogP contribution in [0.5, 0.6) is 0 Å². The minimum absolute atomic E-state index is 0.221. The third-order valence-electron chi connectivity index (χ3n) is 5.78. The molecule has 0 aliphatic carbocycles. The van der Waals surface area contributed by atoms with Crippen LogP contribution in [0.3, 0.4) is 0 Å². The molecule has 2 heterocycles. The Bertz CT molecular complexity index is 833. The molecule has 2 aliphatic heterocycles. The first-order valence-electron chi connectivity index (χ1n) is 9.65. The van der Waals surface area contributed by atoms with Crippen LogP contribution in [0.25, 0.3) is 0 Å². The molecule has 150 valence electrons. The molecule has 0 radical (unpaired) electrons. The van der Waals surface area contributed by atoms with Crippen LogP contribution >= 0.6 is 0 Å². The van der Waals surface area contributed by atoms with E-state index < -0.39 is 36.8 Å². The standard InChI is InChI=1S/C22H26O6/c1-2-13-3-5-14(6-4-13)9-15-7-8-16-12-27-22(17(16)10-15)21(26)20(25)19(24)18(11-23)28-22/h3-8,10,18-21,23-26H,2,9,11-12H2,1H3/t18-,19+,20-,21-,22+/m0/s1. The molecule has 28 heavy (non-hydrogen) atoms. The van der Waals surface area contributed by atoms with Crippen molar-refractivity contribution in [3.63, 3.8) is 0 Å². The number of hydrogen-bond donors (Lipinski definition) is 4. The monoisotopic (exact) mass is 386 g/mol. The van der Waals surface area contributed by atoms with E-state index in [0.29, 0.717) is 12.0 Å². The molecule has 6 heteroatoms. The molecule has 6 nitrogen and oxygen atoms in total. The lowest BCUT2D eigenvalue weighted by Gasteiger charge is -2.46. The molecule has 0 aromatic heterocycles. The number of aliphatic hydroxyl groups excluding tert-OH is 4. The molecule has 2 aliphatic rings. The Morgan fingerprint density at radius 2 is 1.64 bits per heavy atom. The van der Waals surface area contributed by atoms with Gasteiger partial charge in [0.1, 0.15) is 24.4 Å². The van der Waals surface area contributed by atoms with E-state index in [0.717, 1.165) is 17.5 Å². The summed E-state index contributed by atoms with van der Waals surface area (Å²) in [5.41, 5.74) is 4.95. The van der Waals surface area contributed by atoms with Crippen LogP contribution in [0.2, 0.25) is 0 Å². The van der Waals surface area contributed by atoms with E-state index in [1.807, 2.05) is 18.2 Å². The van der Waals surface area contributed by atoms with Gasteiger partial charge in [-0.2, -0.15) is 0 Å². The Hall–Kier alpha value is -1.80. The number of aryl methyl sites for hydroxylation is 1. The smallest absolute Gasteiger partial charge is 0.225 e. The maximum Gasteiger partial charge on any atom is 0.225 e. The predicted molar refractivity (Wildman–Crippen MR) is 102 cm³/mol. The topological polar surface area (TPSA) is 99.4 Å². The Kier molecular flexibility index (Phi) is 5.26. The largest absolute Gasteiger partial charge is 0.394 e. The van der Waals surface area contributed by atoms with Gasteiger partial charge in [0.15, 0.2) is 0 Å². The van der Waals surface area contributed by atoms with Crippen molar-refractivity contribution >= 4 is 0 Å². The van der Waals surface area contributed by atoms with Crippen molar-refractivity contribution in [1.29, 1.82) is 0 Å². The third-order valence-corrected chi connectivity index (χ3v) is 5.78. The van der Waals surface area contributed by atoms with Crippen LogP contribution in [-0.4, -0.2) is 51.4 Å². The highest BCUT2D eigenvalue weighted by Crippen LogP contribution is 2.46. The zero-order valence-electron chi connectivity index (χ0n) is 15.8. The fourth-order valence-electron chi connectivity index (χ4n) is 4.06. The number of aliphatic hydroxyl groups is 4. The molecule has 4 rings (SSSR count). The highest BCUT2D eigenvalue weighted by Gasteiger charge is 2.58. The average molecular weight is 386 g/mol. The van der Waals surface area contributed by atoms with Crippen molar-refractivity contribution in [3.8, 4) is 0 Å². The number of ether oxygens (including phenoxy) is 2. The Balaban J connectivity index is 1.66. The van der Waals surface area contributed by atoms with Crippen molar-refractivity contribution < 1.29 is 29.9 Å². The van der Waals surface area contributed by atoms with Gasteiger partial charge in [0.05, 0.1) is 13.2 Å². The van der Waals surface area contributed by atoms with Crippen molar-refractivity contribution in [2.45, 2.75) is 56.6 Å². The number of benzene rings is 2. The molecular formula is C22H26O6. The molecule has 1 saturated heterocycles. The summed E-state index contributed by atoms with van der Waals surface area (Å²) >= 11 is 0. The third kappa shape index (κ3) is 3.16. The maximum atomic E-state index is 10.7. The van der Waals surface area contributed by atoms with Gasteiger partial charge in [-0.05, 0) is 41.2 Å². The second kappa shape index (κ2) is 7.55.